The number of hydrogen-bond acceptors (Lipinski definition) is 6. The highest BCUT2D eigenvalue weighted by Crippen LogP contribution is 2.31. The molecule has 1 fully saturated rings. The molecule has 0 unspecified atom stereocenters. The minimum absolute atomic E-state index is 0.0451. The van der Waals surface area contributed by atoms with E-state index in [9.17, 15) is 18.0 Å². The average molecular weight is 464 g/mol. The van der Waals surface area contributed by atoms with Crippen LogP contribution in [0.1, 0.15) is 41.5 Å². The number of rotatable bonds is 7. The maximum atomic E-state index is 13.4. The molecule has 1 aliphatic rings. The molecule has 0 saturated carbocycles. The first-order valence-corrected chi connectivity index (χ1v) is 11.9. The van der Waals surface area contributed by atoms with E-state index in [1.54, 1.807) is 52.1 Å². The quantitative estimate of drug-likeness (QED) is 0.610. The van der Waals surface area contributed by atoms with Gasteiger partial charge in [0.25, 0.3) is 0 Å². The van der Waals surface area contributed by atoms with Gasteiger partial charge >= 0.3 is 5.97 Å². The molecular weight excluding hydrogens is 434 g/mol. The number of carbonyl (C=O) groups is 2. The number of aryl methyl sites for hydroxylation is 2. The van der Waals surface area contributed by atoms with E-state index in [1.807, 2.05) is 0 Å². The number of amides is 1. The molecule has 10 heteroatoms. The second kappa shape index (κ2) is 9.74. The molecule has 1 aromatic carbocycles. The fourth-order valence-corrected chi connectivity index (χ4v) is 5.82. The van der Waals surface area contributed by atoms with Crippen molar-refractivity contribution in [2.75, 3.05) is 32.1 Å². The summed E-state index contributed by atoms with van der Waals surface area (Å²) in [6.45, 7) is 5.47. The molecule has 0 bridgehead atoms. The van der Waals surface area contributed by atoms with Crippen molar-refractivity contribution >= 4 is 27.6 Å². The summed E-state index contributed by atoms with van der Waals surface area (Å²) >= 11 is 0. The maximum absolute atomic E-state index is 13.4. The van der Waals surface area contributed by atoms with E-state index in [2.05, 4.69) is 10.3 Å². The van der Waals surface area contributed by atoms with E-state index in [0.717, 1.165) is 0 Å². The van der Waals surface area contributed by atoms with Gasteiger partial charge in [0.15, 0.2) is 0 Å². The number of nitrogens with one attached hydrogen (secondary N) is 2. The number of carbonyl (C=O) groups excluding carboxylic acids is 2. The SMILES string of the molecule is CCOC(=O)c1c(C)[nH]c(C)c1S(=O)(=O)N1CCC(C(=O)Nc2ccc(OC)cc2)CC1. The van der Waals surface area contributed by atoms with Gasteiger partial charge in [-0.25, -0.2) is 13.2 Å². The third kappa shape index (κ3) is 4.81. The van der Waals surface area contributed by atoms with Gasteiger partial charge in [-0.05, 0) is 57.9 Å². The van der Waals surface area contributed by atoms with Crippen LogP contribution in [0.5, 0.6) is 5.75 Å². The number of benzene rings is 1. The monoisotopic (exact) mass is 463 g/mol. The number of hydrogen-bond donors (Lipinski definition) is 2. The number of aromatic nitrogens is 1. The standard InChI is InChI=1S/C22H29N3O6S/c1-5-31-22(27)19-14(2)23-15(3)20(19)32(28,29)25-12-10-16(11-13-25)21(26)24-17-6-8-18(30-4)9-7-17/h6-9,16,23H,5,10-13H2,1-4H3,(H,24,26). The van der Waals surface area contributed by atoms with Gasteiger partial charge in [0, 0.05) is 36.1 Å². The topological polar surface area (TPSA) is 118 Å². The third-order valence-corrected chi connectivity index (χ3v) is 7.65. The number of methoxy groups -OCH3 is 1. The van der Waals surface area contributed by atoms with Crippen LogP contribution in [0.4, 0.5) is 5.69 Å². The molecular formula is C22H29N3O6S. The van der Waals surface area contributed by atoms with Crippen LogP contribution >= 0.6 is 0 Å². The Bertz CT molecular complexity index is 1080. The Morgan fingerprint density at radius 1 is 1.12 bits per heavy atom. The molecule has 1 aliphatic heterocycles. The van der Waals surface area contributed by atoms with Crippen molar-refractivity contribution in [3.8, 4) is 5.75 Å². The van der Waals surface area contributed by atoms with Crippen LogP contribution in [0.25, 0.3) is 0 Å². The van der Waals surface area contributed by atoms with Gasteiger partial charge in [0.05, 0.1) is 13.7 Å². The molecule has 2 N–H and O–H groups in total. The molecule has 2 aromatic rings. The Labute approximate surface area is 188 Å². The zero-order valence-corrected chi connectivity index (χ0v) is 19.5. The summed E-state index contributed by atoms with van der Waals surface area (Å²) in [6.07, 6.45) is 0.775. The zero-order valence-electron chi connectivity index (χ0n) is 18.7. The molecule has 3 rings (SSSR count). The van der Waals surface area contributed by atoms with E-state index in [-0.39, 0.29) is 42.0 Å². The summed E-state index contributed by atoms with van der Waals surface area (Å²) in [4.78, 5) is 27.9. The van der Waals surface area contributed by atoms with Gasteiger partial charge in [0.1, 0.15) is 16.2 Å². The number of piperidine rings is 1. The molecule has 2 heterocycles. The number of ether oxygens (including phenoxy) is 2. The van der Waals surface area contributed by atoms with E-state index >= 15 is 0 Å². The second-order valence-electron chi connectivity index (χ2n) is 7.70. The third-order valence-electron chi connectivity index (χ3n) is 5.58. The minimum atomic E-state index is -3.93. The fourth-order valence-electron chi connectivity index (χ4n) is 3.94. The number of anilines is 1. The molecule has 174 valence electrons. The van der Waals surface area contributed by atoms with Crippen LogP contribution in [0.15, 0.2) is 29.2 Å². The summed E-state index contributed by atoms with van der Waals surface area (Å²) in [6, 6.07) is 7.02. The summed E-state index contributed by atoms with van der Waals surface area (Å²) in [5.41, 5.74) is 1.55. The molecule has 9 nitrogen and oxygen atoms in total. The Morgan fingerprint density at radius 2 is 1.75 bits per heavy atom. The maximum Gasteiger partial charge on any atom is 0.341 e. The Kier molecular flexibility index (Phi) is 7.25. The van der Waals surface area contributed by atoms with Crippen LogP contribution in [0.2, 0.25) is 0 Å². The van der Waals surface area contributed by atoms with E-state index in [1.165, 1.54) is 4.31 Å². The van der Waals surface area contributed by atoms with Gasteiger partial charge in [-0.2, -0.15) is 4.31 Å². The lowest BCUT2D eigenvalue weighted by molar-refractivity contribution is -0.120. The first kappa shape index (κ1) is 23.8. The molecule has 0 spiro atoms. The van der Waals surface area contributed by atoms with Gasteiger partial charge in [-0.1, -0.05) is 0 Å². The highest BCUT2D eigenvalue weighted by molar-refractivity contribution is 7.89. The highest BCUT2D eigenvalue weighted by atomic mass is 32.2. The van der Waals surface area contributed by atoms with Gasteiger partial charge in [-0.3, -0.25) is 4.79 Å². The molecule has 1 saturated heterocycles. The molecule has 1 amide bonds. The van der Waals surface area contributed by atoms with Crippen LogP contribution < -0.4 is 10.1 Å². The van der Waals surface area contributed by atoms with E-state index in [4.69, 9.17) is 9.47 Å². The normalized spacial score (nSPS) is 15.4. The Hall–Kier alpha value is -2.85. The largest absolute Gasteiger partial charge is 0.497 e. The van der Waals surface area contributed by atoms with Crippen molar-refractivity contribution in [3.63, 3.8) is 0 Å². The predicted molar refractivity (Wildman–Crippen MR) is 119 cm³/mol. The van der Waals surface area contributed by atoms with Crippen LogP contribution in [0.3, 0.4) is 0 Å². The molecule has 1 aromatic heterocycles. The molecule has 32 heavy (non-hydrogen) atoms. The van der Waals surface area contributed by atoms with Crippen LogP contribution in [-0.4, -0.2) is 56.4 Å². The summed E-state index contributed by atoms with van der Waals surface area (Å²) < 4.78 is 38.2. The summed E-state index contributed by atoms with van der Waals surface area (Å²) in [5, 5.41) is 2.87. The van der Waals surface area contributed by atoms with Gasteiger partial charge in [0.2, 0.25) is 15.9 Å². The number of esters is 1. The van der Waals surface area contributed by atoms with E-state index in [0.29, 0.717) is 35.7 Å². The lowest BCUT2D eigenvalue weighted by Gasteiger charge is -2.30. The predicted octanol–water partition coefficient (Wildman–Crippen LogP) is 2.86. The van der Waals surface area contributed by atoms with Gasteiger partial charge in [-0.15, -0.1) is 0 Å². The summed E-state index contributed by atoms with van der Waals surface area (Å²) in [7, 11) is -2.36. The minimum Gasteiger partial charge on any atom is -0.497 e. The lowest BCUT2D eigenvalue weighted by Crippen LogP contribution is -2.41. The number of sulfonamides is 1. The Balaban J connectivity index is 1.70. The number of H-pyrrole nitrogens is 1. The van der Waals surface area contributed by atoms with Crippen molar-refractivity contribution in [1.82, 2.24) is 9.29 Å². The van der Waals surface area contributed by atoms with Crippen LogP contribution in [-0.2, 0) is 19.6 Å². The van der Waals surface area contributed by atoms with Crippen molar-refractivity contribution in [1.29, 1.82) is 0 Å². The van der Waals surface area contributed by atoms with Crippen molar-refractivity contribution < 1.29 is 27.5 Å². The van der Waals surface area contributed by atoms with Crippen molar-refractivity contribution in [2.45, 2.75) is 38.5 Å². The molecule has 0 aliphatic carbocycles. The smallest absolute Gasteiger partial charge is 0.341 e. The first-order chi connectivity index (χ1) is 15.2. The number of aromatic amines is 1. The lowest BCUT2D eigenvalue weighted by atomic mass is 9.97. The van der Waals surface area contributed by atoms with Gasteiger partial charge < -0.3 is 19.8 Å². The summed E-state index contributed by atoms with van der Waals surface area (Å²) in [5.74, 6) is -0.420. The molecule has 0 atom stereocenters. The van der Waals surface area contributed by atoms with Crippen molar-refractivity contribution in [3.05, 3.63) is 41.2 Å². The highest BCUT2D eigenvalue weighted by Gasteiger charge is 2.37. The van der Waals surface area contributed by atoms with E-state index < -0.39 is 16.0 Å². The van der Waals surface area contributed by atoms with Crippen molar-refractivity contribution in [2.24, 2.45) is 5.92 Å². The number of nitrogens with zero attached hydrogens (tertiary/aromatic N) is 1. The first-order valence-electron chi connectivity index (χ1n) is 10.5. The second-order valence-corrected chi connectivity index (χ2v) is 9.57. The zero-order chi connectivity index (χ0) is 23.5. The van der Waals surface area contributed by atoms with Crippen LogP contribution in [0, 0.1) is 19.8 Å². The fraction of sp³-hybridized carbons (Fsp3) is 0.455. The molecule has 0 radical (unpaired) electrons. The Morgan fingerprint density at radius 3 is 2.31 bits per heavy atom. The average Bonchev–Trinajstić information content (AvgIpc) is 3.09.